The number of aromatic nitrogens is 2. The standard InChI is InChI=1S/C16H28BN3O2.ClH/c1-15(2)16(3,4)22-17(21-15)14-11-19-20(12-14)10-7-13-5-8-18-9-6-13;/h11-13,18H,5-10H2,1-4H3;1H. The lowest BCUT2D eigenvalue weighted by Crippen LogP contribution is -2.41. The van der Waals surface area contributed by atoms with Gasteiger partial charge in [-0.05, 0) is 66.0 Å². The van der Waals surface area contributed by atoms with Crippen LogP contribution in [0.25, 0.3) is 0 Å². The van der Waals surface area contributed by atoms with Gasteiger partial charge in [-0.3, -0.25) is 4.68 Å². The van der Waals surface area contributed by atoms with E-state index in [1.165, 1.54) is 19.3 Å². The lowest BCUT2D eigenvalue weighted by atomic mass is 9.82. The molecular weight excluding hydrogens is 312 g/mol. The van der Waals surface area contributed by atoms with Crippen molar-refractivity contribution in [2.24, 2.45) is 5.92 Å². The van der Waals surface area contributed by atoms with Crippen LogP contribution in [0.1, 0.15) is 47.0 Å². The van der Waals surface area contributed by atoms with Gasteiger partial charge in [0.2, 0.25) is 0 Å². The average molecular weight is 342 g/mol. The molecule has 2 aliphatic heterocycles. The molecule has 5 nitrogen and oxygen atoms in total. The monoisotopic (exact) mass is 341 g/mol. The number of nitrogens with zero attached hydrogens (tertiary/aromatic N) is 2. The molecule has 23 heavy (non-hydrogen) atoms. The highest BCUT2D eigenvalue weighted by Gasteiger charge is 2.52. The van der Waals surface area contributed by atoms with E-state index in [1.54, 1.807) is 0 Å². The first-order valence-electron chi connectivity index (χ1n) is 8.46. The minimum Gasteiger partial charge on any atom is -0.399 e. The van der Waals surface area contributed by atoms with Gasteiger partial charge in [0.1, 0.15) is 0 Å². The van der Waals surface area contributed by atoms with Gasteiger partial charge in [-0.2, -0.15) is 5.10 Å². The van der Waals surface area contributed by atoms with Gasteiger partial charge in [-0.15, -0.1) is 12.4 Å². The number of rotatable bonds is 4. The minimum atomic E-state index is -0.308. The van der Waals surface area contributed by atoms with E-state index in [0.29, 0.717) is 0 Å². The van der Waals surface area contributed by atoms with Gasteiger partial charge in [-0.25, -0.2) is 0 Å². The zero-order chi connectivity index (χ0) is 15.8. The van der Waals surface area contributed by atoms with Crippen molar-refractivity contribution in [3.63, 3.8) is 0 Å². The van der Waals surface area contributed by atoms with Crippen LogP contribution in [0.2, 0.25) is 0 Å². The van der Waals surface area contributed by atoms with Crippen molar-refractivity contribution in [1.29, 1.82) is 0 Å². The van der Waals surface area contributed by atoms with E-state index in [1.807, 2.05) is 10.9 Å². The number of halogens is 1. The second-order valence-electron chi connectivity index (χ2n) is 7.61. The summed E-state index contributed by atoms with van der Waals surface area (Å²) in [6, 6.07) is 0. The summed E-state index contributed by atoms with van der Waals surface area (Å²) >= 11 is 0. The van der Waals surface area contributed by atoms with Gasteiger partial charge >= 0.3 is 7.12 Å². The number of hydrogen-bond donors (Lipinski definition) is 1. The predicted molar refractivity (Wildman–Crippen MR) is 95.4 cm³/mol. The summed E-state index contributed by atoms with van der Waals surface area (Å²) in [7, 11) is -0.308. The second kappa shape index (κ2) is 7.13. The zero-order valence-electron chi connectivity index (χ0n) is 14.7. The molecule has 1 aromatic heterocycles. The maximum Gasteiger partial charge on any atom is 0.498 e. The lowest BCUT2D eigenvalue weighted by molar-refractivity contribution is 0.00578. The topological polar surface area (TPSA) is 48.3 Å². The van der Waals surface area contributed by atoms with E-state index >= 15 is 0 Å². The molecule has 2 fully saturated rings. The van der Waals surface area contributed by atoms with Gasteiger partial charge in [-0.1, -0.05) is 0 Å². The van der Waals surface area contributed by atoms with Crippen molar-refractivity contribution in [2.75, 3.05) is 13.1 Å². The van der Waals surface area contributed by atoms with Crippen molar-refractivity contribution >= 4 is 25.0 Å². The first kappa shape index (κ1) is 18.8. The normalized spacial score (nSPS) is 23.7. The van der Waals surface area contributed by atoms with Crippen LogP contribution >= 0.6 is 12.4 Å². The number of aryl methyl sites for hydroxylation is 1. The van der Waals surface area contributed by atoms with E-state index in [4.69, 9.17) is 9.31 Å². The molecule has 3 heterocycles. The molecular formula is C16H29BClN3O2. The summed E-state index contributed by atoms with van der Waals surface area (Å²) in [6.07, 6.45) is 7.72. The van der Waals surface area contributed by atoms with Crippen LogP contribution in [0.15, 0.2) is 12.4 Å². The minimum absolute atomic E-state index is 0. The Morgan fingerprint density at radius 3 is 2.43 bits per heavy atom. The van der Waals surface area contributed by atoms with E-state index in [9.17, 15) is 0 Å². The second-order valence-corrected chi connectivity index (χ2v) is 7.61. The summed E-state index contributed by atoms with van der Waals surface area (Å²) < 4.78 is 14.2. The fourth-order valence-corrected chi connectivity index (χ4v) is 3.09. The fraction of sp³-hybridized carbons (Fsp3) is 0.812. The zero-order valence-corrected chi connectivity index (χ0v) is 15.5. The van der Waals surface area contributed by atoms with Crippen molar-refractivity contribution in [2.45, 2.75) is 64.7 Å². The van der Waals surface area contributed by atoms with Gasteiger partial charge in [0.25, 0.3) is 0 Å². The molecule has 0 spiro atoms. The third-order valence-electron chi connectivity index (χ3n) is 5.40. The SMILES string of the molecule is CC1(C)OB(c2cnn(CCC3CCNCC3)c2)OC1(C)C.Cl. The highest BCUT2D eigenvalue weighted by molar-refractivity contribution is 6.61. The van der Waals surface area contributed by atoms with Crippen LogP contribution in [-0.2, 0) is 15.9 Å². The molecule has 0 atom stereocenters. The Morgan fingerprint density at radius 1 is 1.22 bits per heavy atom. The Morgan fingerprint density at radius 2 is 1.83 bits per heavy atom. The van der Waals surface area contributed by atoms with Crippen LogP contribution in [0, 0.1) is 5.92 Å². The third kappa shape index (κ3) is 4.10. The summed E-state index contributed by atoms with van der Waals surface area (Å²) in [6.45, 7) is 11.6. The molecule has 2 aliphatic rings. The number of hydrogen-bond acceptors (Lipinski definition) is 4. The van der Waals surface area contributed by atoms with Crippen molar-refractivity contribution in [1.82, 2.24) is 15.1 Å². The van der Waals surface area contributed by atoms with Crippen molar-refractivity contribution < 1.29 is 9.31 Å². The largest absolute Gasteiger partial charge is 0.498 e. The van der Waals surface area contributed by atoms with Crippen LogP contribution < -0.4 is 10.8 Å². The highest BCUT2D eigenvalue weighted by Crippen LogP contribution is 2.36. The Balaban J connectivity index is 0.00000192. The van der Waals surface area contributed by atoms with Gasteiger partial charge in [0, 0.05) is 24.4 Å². The highest BCUT2D eigenvalue weighted by atomic mass is 35.5. The summed E-state index contributed by atoms with van der Waals surface area (Å²) in [5.74, 6) is 0.825. The summed E-state index contributed by atoms with van der Waals surface area (Å²) in [5, 5.41) is 7.90. The summed E-state index contributed by atoms with van der Waals surface area (Å²) in [5.41, 5.74) is 0.424. The maximum atomic E-state index is 6.07. The molecule has 0 aliphatic carbocycles. The Hall–Kier alpha value is -0.555. The smallest absolute Gasteiger partial charge is 0.399 e. The van der Waals surface area contributed by atoms with E-state index in [2.05, 4.69) is 44.3 Å². The van der Waals surface area contributed by atoms with Gasteiger partial charge in [0.15, 0.2) is 0 Å². The molecule has 130 valence electrons. The molecule has 2 saturated heterocycles. The van der Waals surface area contributed by atoms with Crippen LogP contribution in [0.5, 0.6) is 0 Å². The van der Waals surface area contributed by atoms with E-state index < -0.39 is 0 Å². The first-order valence-corrected chi connectivity index (χ1v) is 8.46. The molecule has 0 unspecified atom stereocenters. The molecule has 0 aromatic carbocycles. The quantitative estimate of drug-likeness (QED) is 0.851. The van der Waals surface area contributed by atoms with E-state index in [0.717, 1.165) is 31.0 Å². The summed E-state index contributed by atoms with van der Waals surface area (Å²) in [4.78, 5) is 0. The third-order valence-corrected chi connectivity index (χ3v) is 5.40. The Labute approximate surface area is 146 Å². The van der Waals surface area contributed by atoms with Crippen molar-refractivity contribution in [3.8, 4) is 0 Å². The Bertz CT molecular complexity index is 499. The predicted octanol–water partition coefficient (Wildman–Crippen LogP) is 1.99. The van der Waals surface area contributed by atoms with Gasteiger partial charge < -0.3 is 14.6 Å². The van der Waals surface area contributed by atoms with E-state index in [-0.39, 0.29) is 30.7 Å². The molecule has 3 rings (SSSR count). The number of nitrogens with one attached hydrogen (secondary N) is 1. The molecule has 0 amide bonds. The molecule has 7 heteroatoms. The lowest BCUT2D eigenvalue weighted by Gasteiger charge is -2.32. The molecule has 0 bridgehead atoms. The molecule has 1 N–H and O–H groups in total. The van der Waals surface area contributed by atoms with Crippen LogP contribution in [0.4, 0.5) is 0 Å². The van der Waals surface area contributed by atoms with Crippen LogP contribution in [0.3, 0.4) is 0 Å². The Kier molecular flexibility index (Phi) is 5.83. The first-order chi connectivity index (χ1) is 10.4. The average Bonchev–Trinajstić information content (AvgIpc) is 3.01. The fourth-order valence-electron chi connectivity index (χ4n) is 3.09. The maximum absolute atomic E-state index is 6.07. The number of piperidine rings is 1. The molecule has 0 saturated carbocycles. The van der Waals surface area contributed by atoms with Crippen molar-refractivity contribution in [3.05, 3.63) is 12.4 Å². The van der Waals surface area contributed by atoms with Crippen LogP contribution in [-0.4, -0.2) is 41.2 Å². The molecule has 1 aromatic rings. The van der Waals surface area contributed by atoms with Gasteiger partial charge in [0.05, 0.1) is 11.2 Å². The molecule has 0 radical (unpaired) electrons.